The molecule has 0 spiro atoms. The first-order chi connectivity index (χ1) is 14.2. The van der Waals surface area contributed by atoms with Gasteiger partial charge in [-0.3, -0.25) is 9.69 Å². The highest BCUT2D eigenvalue weighted by molar-refractivity contribution is 7.99. The number of benzene rings is 2. The first-order valence-electron chi connectivity index (χ1n) is 9.56. The van der Waals surface area contributed by atoms with Crippen molar-refractivity contribution in [2.24, 2.45) is 0 Å². The van der Waals surface area contributed by atoms with E-state index in [9.17, 15) is 9.18 Å². The van der Waals surface area contributed by atoms with Crippen molar-refractivity contribution in [1.82, 2.24) is 10.2 Å². The van der Waals surface area contributed by atoms with Gasteiger partial charge in [0.15, 0.2) is 0 Å². The van der Waals surface area contributed by atoms with Crippen LogP contribution in [0.15, 0.2) is 48.5 Å². The van der Waals surface area contributed by atoms with Gasteiger partial charge in [-0.2, -0.15) is 5.26 Å². The van der Waals surface area contributed by atoms with E-state index in [4.69, 9.17) is 10.00 Å². The van der Waals surface area contributed by atoms with Crippen LogP contribution in [0, 0.1) is 17.1 Å². The van der Waals surface area contributed by atoms with Crippen molar-refractivity contribution >= 4 is 17.7 Å². The fourth-order valence-corrected chi connectivity index (χ4v) is 4.05. The number of morpholine rings is 1. The Morgan fingerprint density at radius 3 is 2.52 bits per heavy atom. The number of hydrogen-bond donors (Lipinski definition) is 1. The number of hydrogen-bond acceptors (Lipinski definition) is 5. The summed E-state index contributed by atoms with van der Waals surface area (Å²) in [4.78, 5) is 14.6. The smallest absolute Gasteiger partial charge is 0.230 e. The Labute approximate surface area is 174 Å². The first-order valence-corrected chi connectivity index (χ1v) is 10.7. The van der Waals surface area contributed by atoms with Gasteiger partial charge in [0.2, 0.25) is 5.91 Å². The van der Waals surface area contributed by atoms with Gasteiger partial charge in [0.05, 0.1) is 36.6 Å². The van der Waals surface area contributed by atoms with Gasteiger partial charge in [0, 0.05) is 25.4 Å². The van der Waals surface area contributed by atoms with E-state index in [-0.39, 0.29) is 17.8 Å². The number of carbonyl (C=O) groups excluding carboxylic acids is 1. The molecule has 1 atom stereocenters. The van der Waals surface area contributed by atoms with E-state index >= 15 is 0 Å². The number of ether oxygens (including phenoxy) is 1. The van der Waals surface area contributed by atoms with Crippen LogP contribution in [0.2, 0.25) is 0 Å². The number of halogens is 1. The highest BCUT2D eigenvalue weighted by Crippen LogP contribution is 2.22. The highest BCUT2D eigenvalue weighted by Gasteiger charge is 2.23. The lowest BCUT2D eigenvalue weighted by atomic mass is 10.0. The predicted octanol–water partition coefficient (Wildman–Crippen LogP) is 3.12. The number of rotatable bonds is 8. The van der Waals surface area contributed by atoms with E-state index in [1.165, 1.54) is 23.9 Å². The molecule has 0 aliphatic carbocycles. The highest BCUT2D eigenvalue weighted by atomic mass is 32.2. The van der Waals surface area contributed by atoms with Crippen LogP contribution in [0.1, 0.15) is 22.7 Å². The Morgan fingerprint density at radius 2 is 1.86 bits per heavy atom. The van der Waals surface area contributed by atoms with Gasteiger partial charge < -0.3 is 10.1 Å². The summed E-state index contributed by atoms with van der Waals surface area (Å²) in [6.07, 6.45) is 0. The van der Waals surface area contributed by atoms with Crippen LogP contribution in [0.4, 0.5) is 4.39 Å². The average molecular weight is 414 g/mol. The normalized spacial score (nSPS) is 15.4. The average Bonchev–Trinajstić information content (AvgIpc) is 2.76. The number of nitrogens with zero attached hydrogens (tertiary/aromatic N) is 2. The second-order valence-electron chi connectivity index (χ2n) is 6.82. The molecular formula is C22H24FN3O2S. The largest absolute Gasteiger partial charge is 0.379 e. The van der Waals surface area contributed by atoms with E-state index in [2.05, 4.69) is 16.3 Å². The van der Waals surface area contributed by atoms with Crippen molar-refractivity contribution in [2.75, 3.05) is 38.6 Å². The van der Waals surface area contributed by atoms with Crippen molar-refractivity contribution in [3.05, 3.63) is 71.0 Å². The maximum absolute atomic E-state index is 13.3. The zero-order valence-electron chi connectivity index (χ0n) is 16.1. The van der Waals surface area contributed by atoms with Gasteiger partial charge in [-0.05, 0) is 35.4 Å². The van der Waals surface area contributed by atoms with Gasteiger partial charge >= 0.3 is 0 Å². The Morgan fingerprint density at radius 1 is 1.17 bits per heavy atom. The van der Waals surface area contributed by atoms with E-state index in [1.54, 1.807) is 24.3 Å². The van der Waals surface area contributed by atoms with Gasteiger partial charge in [-0.15, -0.1) is 11.8 Å². The number of nitriles is 1. The Balaban J connectivity index is 1.50. The minimum absolute atomic E-state index is 0.00743. The molecule has 0 radical (unpaired) electrons. The lowest BCUT2D eigenvalue weighted by Gasteiger charge is -2.35. The molecule has 29 heavy (non-hydrogen) atoms. The summed E-state index contributed by atoms with van der Waals surface area (Å²) in [6.45, 7) is 3.36. The number of thioether (sulfide) groups is 1. The maximum Gasteiger partial charge on any atom is 0.230 e. The zero-order valence-corrected chi connectivity index (χ0v) is 17.0. The van der Waals surface area contributed by atoms with E-state index in [0.717, 1.165) is 24.2 Å². The number of carbonyl (C=O) groups is 1. The van der Waals surface area contributed by atoms with Crippen molar-refractivity contribution in [2.45, 2.75) is 11.8 Å². The molecule has 1 saturated heterocycles. The van der Waals surface area contributed by atoms with Crippen LogP contribution in [0.5, 0.6) is 0 Å². The van der Waals surface area contributed by atoms with Gasteiger partial charge in [-0.1, -0.05) is 24.3 Å². The Bertz CT molecular complexity index is 831. The van der Waals surface area contributed by atoms with Crippen LogP contribution in [0.25, 0.3) is 0 Å². The van der Waals surface area contributed by atoms with Crippen molar-refractivity contribution in [1.29, 1.82) is 5.26 Å². The lowest BCUT2D eigenvalue weighted by Crippen LogP contribution is -2.44. The van der Waals surface area contributed by atoms with E-state index < -0.39 is 0 Å². The van der Waals surface area contributed by atoms with Gasteiger partial charge in [0.25, 0.3) is 0 Å². The molecule has 1 aliphatic heterocycles. The summed E-state index contributed by atoms with van der Waals surface area (Å²) >= 11 is 1.53. The Hall–Kier alpha value is -2.40. The molecular weight excluding hydrogens is 389 g/mol. The molecule has 152 valence electrons. The SMILES string of the molecule is N#Cc1ccc(CSCC(=O)NCC(c2ccc(F)cc2)N2CCOCC2)cc1. The molecule has 5 nitrogen and oxygen atoms in total. The third-order valence-electron chi connectivity index (χ3n) is 4.82. The molecule has 1 heterocycles. The molecule has 3 rings (SSSR count). The molecule has 0 bridgehead atoms. The third kappa shape index (κ3) is 6.57. The molecule has 1 N–H and O–H groups in total. The van der Waals surface area contributed by atoms with Gasteiger partial charge in [-0.25, -0.2) is 4.39 Å². The number of amides is 1. The topological polar surface area (TPSA) is 65.4 Å². The van der Waals surface area contributed by atoms with Crippen LogP contribution in [0.3, 0.4) is 0 Å². The third-order valence-corrected chi connectivity index (χ3v) is 5.82. The van der Waals surface area contributed by atoms with Crippen LogP contribution in [-0.2, 0) is 15.3 Å². The molecule has 1 fully saturated rings. The molecule has 1 unspecified atom stereocenters. The fraction of sp³-hybridized carbons (Fsp3) is 0.364. The molecule has 1 amide bonds. The van der Waals surface area contributed by atoms with Crippen LogP contribution >= 0.6 is 11.8 Å². The first kappa shape index (κ1) is 21.3. The standard InChI is InChI=1S/C22H24FN3O2S/c23-20-7-5-19(6-8-20)21(26-9-11-28-12-10-26)14-25-22(27)16-29-15-18-3-1-17(13-24)2-4-18/h1-8,21H,9-12,14-16H2,(H,25,27). The minimum Gasteiger partial charge on any atom is -0.379 e. The van der Waals surface area contributed by atoms with Crippen molar-refractivity contribution < 1.29 is 13.9 Å². The minimum atomic E-state index is -0.266. The summed E-state index contributed by atoms with van der Waals surface area (Å²) in [5, 5.41) is 11.9. The zero-order chi connectivity index (χ0) is 20.5. The molecule has 0 saturated carbocycles. The fourth-order valence-electron chi connectivity index (χ4n) is 3.23. The quantitative estimate of drug-likeness (QED) is 0.720. The van der Waals surface area contributed by atoms with E-state index in [1.807, 2.05) is 12.1 Å². The summed E-state index contributed by atoms with van der Waals surface area (Å²) in [7, 11) is 0. The molecule has 2 aromatic carbocycles. The molecule has 7 heteroatoms. The van der Waals surface area contributed by atoms with E-state index in [0.29, 0.717) is 36.8 Å². The van der Waals surface area contributed by atoms with Crippen LogP contribution in [-0.4, -0.2) is 49.4 Å². The molecule has 0 aromatic heterocycles. The molecule has 1 aliphatic rings. The molecule has 2 aromatic rings. The van der Waals surface area contributed by atoms with Gasteiger partial charge in [0.1, 0.15) is 5.82 Å². The second kappa shape index (κ2) is 11.0. The van der Waals surface area contributed by atoms with Crippen molar-refractivity contribution in [3.63, 3.8) is 0 Å². The lowest BCUT2D eigenvalue weighted by molar-refractivity contribution is -0.118. The second-order valence-corrected chi connectivity index (χ2v) is 7.81. The summed E-state index contributed by atoms with van der Waals surface area (Å²) in [5.41, 5.74) is 2.70. The Kier molecular flexibility index (Phi) is 8.05. The summed E-state index contributed by atoms with van der Waals surface area (Å²) in [6, 6.07) is 15.9. The van der Waals surface area contributed by atoms with Crippen molar-refractivity contribution in [3.8, 4) is 6.07 Å². The predicted molar refractivity (Wildman–Crippen MR) is 112 cm³/mol. The monoisotopic (exact) mass is 413 g/mol. The maximum atomic E-state index is 13.3. The summed E-state index contributed by atoms with van der Waals surface area (Å²) < 4.78 is 18.7. The number of nitrogens with one attached hydrogen (secondary N) is 1. The summed E-state index contributed by atoms with van der Waals surface area (Å²) in [5.74, 6) is 0.783. The van der Waals surface area contributed by atoms with Crippen LogP contribution < -0.4 is 5.32 Å².